The minimum atomic E-state index is -0.503. The number of nitrogens with zero attached hydrogens (tertiary/aromatic N) is 6. The van der Waals surface area contributed by atoms with Crippen molar-refractivity contribution in [1.82, 2.24) is 24.5 Å². The van der Waals surface area contributed by atoms with Gasteiger partial charge in [0.15, 0.2) is 11.5 Å². The molecule has 0 radical (unpaired) electrons. The van der Waals surface area contributed by atoms with Crippen LogP contribution in [0.5, 0.6) is 0 Å². The molecule has 2 fully saturated rings. The SMILES string of the molecule is CC(C)(C)OC(=O)N1C[C@@H]2CN(n3c(-c4cccnc4N)nc4ccc(-c5ccccc5)nc43)C[C@@H]2C1. The summed E-state index contributed by atoms with van der Waals surface area (Å²) >= 11 is 0. The summed E-state index contributed by atoms with van der Waals surface area (Å²) in [5.74, 6) is 1.82. The lowest BCUT2D eigenvalue weighted by atomic mass is 10.0. The number of hydrogen-bond acceptors (Lipinski definition) is 7. The quantitative estimate of drug-likeness (QED) is 0.453. The highest BCUT2D eigenvalue weighted by Crippen LogP contribution is 2.35. The van der Waals surface area contributed by atoms with Crippen molar-refractivity contribution in [1.29, 1.82) is 0 Å². The summed E-state index contributed by atoms with van der Waals surface area (Å²) in [5, 5.41) is 2.29. The Bertz CT molecular complexity index is 1450. The number of rotatable bonds is 3. The van der Waals surface area contributed by atoms with Gasteiger partial charge in [-0.25, -0.2) is 24.4 Å². The third-order valence-electron chi connectivity index (χ3n) is 7.03. The number of nitrogen functional groups attached to an aromatic ring is 1. The molecule has 9 heteroatoms. The first-order chi connectivity index (χ1) is 17.8. The van der Waals surface area contributed by atoms with Gasteiger partial charge in [-0.2, -0.15) is 0 Å². The van der Waals surface area contributed by atoms with Gasteiger partial charge in [0, 0.05) is 49.8 Å². The van der Waals surface area contributed by atoms with E-state index in [9.17, 15) is 4.79 Å². The van der Waals surface area contributed by atoms with E-state index in [0.717, 1.165) is 46.9 Å². The van der Waals surface area contributed by atoms with Crippen molar-refractivity contribution in [3.05, 3.63) is 60.8 Å². The Balaban J connectivity index is 1.37. The van der Waals surface area contributed by atoms with E-state index in [0.29, 0.717) is 30.7 Å². The number of imidazole rings is 1. The maximum absolute atomic E-state index is 12.7. The van der Waals surface area contributed by atoms with E-state index in [1.165, 1.54) is 0 Å². The third kappa shape index (κ3) is 4.34. The second-order valence-electron chi connectivity index (χ2n) is 10.9. The lowest BCUT2D eigenvalue weighted by Gasteiger charge is -2.27. The van der Waals surface area contributed by atoms with Crippen LogP contribution >= 0.6 is 0 Å². The molecule has 1 amide bonds. The fourth-order valence-electron chi connectivity index (χ4n) is 5.37. The standard InChI is InChI=1S/C28H31N7O2/c1-28(2,3)37-27(36)33-14-19-16-34(17-20(19)15-33)35-25(21-10-7-13-30-24(21)29)32-23-12-11-22(31-26(23)35)18-8-5-4-6-9-18/h4-13,19-20H,14-17H2,1-3H3,(H2,29,30)/t19-,20+. The van der Waals surface area contributed by atoms with Crippen molar-refractivity contribution in [3.8, 4) is 22.6 Å². The van der Waals surface area contributed by atoms with Crippen LogP contribution in [0.2, 0.25) is 0 Å². The van der Waals surface area contributed by atoms with Crippen molar-refractivity contribution >= 4 is 23.1 Å². The summed E-state index contributed by atoms with van der Waals surface area (Å²) in [5.41, 5.74) is 10.1. The summed E-state index contributed by atoms with van der Waals surface area (Å²) < 4.78 is 7.72. The summed E-state index contributed by atoms with van der Waals surface area (Å²) in [7, 11) is 0. The lowest BCUT2D eigenvalue weighted by Crippen LogP contribution is -2.40. The van der Waals surface area contributed by atoms with Crippen molar-refractivity contribution in [3.63, 3.8) is 0 Å². The number of fused-ring (bicyclic) bond motifs is 2. The number of carbonyl (C=O) groups excluding carboxylic acids is 1. The first-order valence-corrected chi connectivity index (χ1v) is 12.7. The number of carbonyl (C=O) groups is 1. The number of nitrogens with two attached hydrogens (primary N) is 1. The molecule has 5 heterocycles. The molecule has 0 saturated carbocycles. The molecule has 2 atom stereocenters. The number of pyridine rings is 2. The summed E-state index contributed by atoms with van der Waals surface area (Å²) in [6.07, 6.45) is 1.45. The number of amides is 1. The zero-order valence-electron chi connectivity index (χ0n) is 21.3. The van der Waals surface area contributed by atoms with Gasteiger partial charge in [0.1, 0.15) is 16.9 Å². The highest BCUT2D eigenvalue weighted by Gasteiger charge is 2.44. The van der Waals surface area contributed by atoms with Crippen LogP contribution in [-0.4, -0.2) is 62.4 Å². The molecule has 190 valence electrons. The van der Waals surface area contributed by atoms with E-state index in [-0.39, 0.29) is 6.09 Å². The molecule has 37 heavy (non-hydrogen) atoms. The highest BCUT2D eigenvalue weighted by molar-refractivity contribution is 5.83. The first-order valence-electron chi connectivity index (χ1n) is 12.7. The van der Waals surface area contributed by atoms with Crippen LogP contribution in [0, 0.1) is 11.8 Å². The molecule has 2 saturated heterocycles. The van der Waals surface area contributed by atoms with Gasteiger partial charge < -0.3 is 20.4 Å². The minimum Gasteiger partial charge on any atom is -0.444 e. The van der Waals surface area contributed by atoms with Crippen molar-refractivity contribution in [2.75, 3.05) is 36.9 Å². The van der Waals surface area contributed by atoms with Gasteiger partial charge in [-0.15, -0.1) is 0 Å². The molecular weight excluding hydrogens is 466 g/mol. The average Bonchev–Trinajstić information content (AvgIpc) is 3.54. The Morgan fingerprint density at radius 2 is 1.68 bits per heavy atom. The molecule has 6 rings (SSSR count). The molecule has 2 aliphatic rings. The van der Waals surface area contributed by atoms with E-state index >= 15 is 0 Å². The molecule has 2 aliphatic heterocycles. The number of ether oxygens (including phenoxy) is 1. The number of benzene rings is 1. The van der Waals surface area contributed by atoms with Gasteiger partial charge in [0.05, 0.1) is 11.3 Å². The molecule has 2 N–H and O–H groups in total. The topological polar surface area (TPSA) is 102 Å². The number of anilines is 1. The van der Waals surface area contributed by atoms with Crippen LogP contribution in [0.15, 0.2) is 60.8 Å². The van der Waals surface area contributed by atoms with Crippen LogP contribution in [0.4, 0.5) is 10.6 Å². The Morgan fingerprint density at radius 1 is 0.946 bits per heavy atom. The van der Waals surface area contributed by atoms with Crippen LogP contribution in [-0.2, 0) is 4.74 Å². The molecule has 9 nitrogen and oxygen atoms in total. The summed E-state index contributed by atoms with van der Waals surface area (Å²) in [6.45, 7) is 8.60. The van der Waals surface area contributed by atoms with E-state index in [1.807, 2.05) is 68.1 Å². The summed E-state index contributed by atoms with van der Waals surface area (Å²) in [6, 6.07) is 18.0. The zero-order chi connectivity index (χ0) is 25.7. The normalized spacial score (nSPS) is 19.4. The van der Waals surface area contributed by atoms with Crippen molar-refractivity contribution in [2.45, 2.75) is 26.4 Å². The second kappa shape index (κ2) is 8.76. The Kier molecular flexibility index (Phi) is 5.51. The predicted octanol–water partition coefficient (Wildman–Crippen LogP) is 4.18. The van der Waals surface area contributed by atoms with Gasteiger partial charge in [0.2, 0.25) is 0 Å². The van der Waals surface area contributed by atoms with Gasteiger partial charge in [-0.3, -0.25) is 0 Å². The fraction of sp³-hybridized carbons (Fsp3) is 0.357. The minimum absolute atomic E-state index is 0.237. The lowest BCUT2D eigenvalue weighted by molar-refractivity contribution is 0.0282. The molecule has 0 unspecified atom stereocenters. The Labute approximate surface area is 215 Å². The molecule has 1 aromatic carbocycles. The molecule has 0 aliphatic carbocycles. The molecule has 4 aromatic rings. The maximum atomic E-state index is 12.7. The number of hydrogen-bond donors (Lipinski definition) is 1. The third-order valence-corrected chi connectivity index (χ3v) is 7.03. The van der Waals surface area contributed by atoms with Crippen LogP contribution in [0.3, 0.4) is 0 Å². The van der Waals surface area contributed by atoms with Crippen LogP contribution in [0.25, 0.3) is 33.8 Å². The number of likely N-dealkylation sites (tertiary alicyclic amines) is 1. The van der Waals surface area contributed by atoms with E-state index < -0.39 is 5.60 Å². The fourth-order valence-corrected chi connectivity index (χ4v) is 5.37. The number of aromatic nitrogens is 4. The molecule has 0 bridgehead atoms. The van der Waals surface area contributed by atoms with Gasteiger partial charge in [-0.1, -0.05) is 30.3 Å². The Hall–Kier alpha value is -4.14. The zero-order valence-corrected chi connectivity index (χ0v) is 21.3. The molecular formula is C28H31N7O2. The molecule has 3 aromatic heterocycles. The van der Waals surface area contributed by atoms with E-state index in [1.54, 1.807) is 6.20 Å². The van der Waals surface area contributed by atoms with Crippen molar-refractivity contribution < 1.29 is 9.53 Å². The van der Waals surface area contributed by atoms with E-state index in [2.05, 4.69) is 26.8 Å². The van der Waals surface area contributed by atoms with Crippen LogP contribution in [0.1, 0.15) is 20.8 Å². The second-order valence-corrected chi connectivity index (χ2v) is 10.9. The average molecular weight is 498 g/mol. The van der Waals surface area contributed by atoms with Gasteiger partial charge in [0.25, 0.3) is 0 Å². The maximum Gasteiger partial charge on any atom is 0.410 e. The Morgan fingerprint density at radius 3 is 2.35 bits per heavy atom. The van der Waals surface area contributed by atoms with E-state index in [4.69, 9.17) is 20.4 Å². The predicted molar refractivity (Wildman–Crippen MR) is 143 cm³/mol. The van der Waals surface area contributed by atoms with Crippen LogP contribution < -0.4 is 10.7 Å². The molecule has 0 spiro atoms. The first kappa shape index (κ1) is 23.3. The smallest absolute Gasteiger partial charge is 0.410 e. The highest BCUT2D eigenvalue weighted by atomic mass is 16.6. The summed E-state index contributed by atoms with van der Waals surface area (Å²) in [4.78, 5) is 28.8. The largest absolute Gasteiger partial charge is 0.444 e. The van der Waals surface area contributed by atoms with Crippen molar-refractivity contribution in [2.24, 2.45) is 11.8 Å². The monoisotopic (exact) mass is 497 g/mol. The van der Waals surface area contributed by atoms with Gasteiger partial charge >= 0.3 is 6.09 Å². The van der Waals surface area contributed by atoms with Gasteiger partial charge in [-0.05, 0) is 45.0 Å².